The molecule has 1 aromatic rings. The molecule has 1 heterocycles. The number of halogens is 4. The first-order valence-corrected chi connectivity index (χ1v) is 4.39. The minimum Gasteiger partial charge on any atom is -0.241 e. The molecule has 0 aliphatic rings. The smallest absolute Gasteiger partial charge is 0.241 e. The predicted octanol–water partition coefficient (Wildman–Crippen LogP) is 3.71. The first-order chi connectivity index (χ1) is 6.30. The fraction of sp³-hybridized carbons (Fsp3) is 0.444. The third-order valence-electron chi connectivity index (χ3n) is 1.94. The summed E-state index contributed by atoms with van der Waals surface area (Å²) in [4.78, 5) is 3.80. The summed E-state index contributed by atoms with van der Waals surface area (Å²) in [6.45, 7) is 2.71. The Kier molecular flexibility index (Phi) is 3.04. The van der Waals surface area contributed by atoms with Gasteiger partial charge in [0.15, 0.2) is 0 Å². The zero-order chi connectivity index (χ0) is 10.9. The quantitative estimate of drug-likeness (QED) is 0.662. The number of aromatic nitrogens is 1. The lowest BCUT2D eigenvalue weighted by Crippen LogP contribution is -2.17. The number of rotatable bonds is 1. The Balaban J connectivity index is 3.07. The van der Waals surface area contributed by atoms with Crippen molar-refractivity contribution >= 4 is 11.6 Å². The molecule has 0 saturated heterocycles. The first-order valence-electron chi connectivity index (χ1n) is 4.01. The molecule has 78 valence electrons. The molecule has 0 aliphatic carbocycles. The fourth-order valence-electron chi connectivity index (χ4n) is 1.09. The fourth-order valence-corrected chi connectivity index (χ4v) is 1.35. The molecule has 5 heteroatoms. The van der Waals surface area contributed by atoms with Gasteiger partial charge in [0.2, 0.25) is 0 Å². The van der Waals surface area contributed by atoms with Crippen LogP contribution in [0.15, 0.2) is 12.1 Å². The second-order valence-electron chi connectivity index (χ2n) is 3.13. The van der Waals surface area contributed by atoms with Gasteiger partial charge in [-0.2, -0.15) is 13.2 Å². The van der Waals surface area contributed by atoms with Gasteiger partial charge in [0.05, 0.1) is 5.92 Å². The van der Waals surface area contributed by atoms with E-state index in [4.69, 9.17) is 11.6 Å². The molecule has 0 aliphatic heterocycles. The second-order valence-corrected chi connectivity index (χ2v) is 3.52. The molecular weight excluding hydrogens is 215 g/mol. The highest BCUT2D eigenvalue weighted by Crippen LogP contribution is 2.34. The van der Waals surface area contributed by atoms with E-state index in [-0.39, 0.29) is 10.7 Å². The molecule has 1 unspecified atom stereocenters. The molecular formula is C9H9ClF3N. The molecule has 1 aromatic heterocycles. The highest BCUT2D eigenvalue weighted by molar-refractivity contribution is 6.29. The maximum Gasteiger partial charge on any atom is 0.395 e. The molecule has 0 bridgehead atoms. The standard InChI is InChI=1S/C9H9ClF3N/c1-5-3-7(4-8(10)14-5)6(2)9(11,12)13/h3-4,6H,1-2H3. The summed E-state index contributed by atoms with van der Waals surface area (Å²) in [5.41, 5.74) is 0.638. The molecule has 0 saturated carbocycles. The number of aryl methyl sites for hydroxylation is 1. The lowest BCUT2D eigenvalue weighted by molar-refractivity contribution is -0.146. The van der Waals surface area contributed by atoms with Crippen molar-refractivity contribution in [2.45, 2.75) is 25.9 Å². The van der Waals surface area contributed by atoms with Crippen molar-refractivity contribution in [1.29, 1.82) is 0 Å². The zero-order valence-electron chi connectivity index (χ0n) is 7.69. The van der Waals surface area contributed by atoms with Crippen LogP contribution in [0.1, 0.15) is 24.1 Å². The summed E-state index contributed by atoms with van der Waals surface area (Å²) in [5, 5.41) is 0.0936. The summed E-state index contributed by atoms with van der Waals surface area (Å²) in [6.07, 6.45) is -4.24. The number of hydrogen-bond donors (Lipinski definition) is 0. The molecule has 14 heavy (non-hydrogen) atoms. The van der Waals surface area contributed by atoms with Crippen LogP contribution in [0, 0.1) is 6.92 Å². The van der Waals surface area contributed by atoms with Crippen molar-refractivity contribution < 1.29 is 13.2 Å². The van der Waals surface area contributed by atoms with E-state index in [9.17, 15) is 13.2 Å². The van der Waals surface area contributed by atoms with Crippen molar-refractivity contribution in [3.05, 3.63) is 28.5 Å². The average molecular weight is 224 g/mol. The molecule has 0 fully saturated rings. The molecule has 0 amide bonds. The van der Waals surface area contributed by atoms with Crippen LogP contribution in [-0.2, 0) is 0 Å². The Hall–Kier alpha value is -0.770. The van der Waals surface area contributed by atoms with Crippen LogP contribution in [0.4, 0.5) is 13.2 Å². The summed E-state index contributed by atoms with van der Waals surface area (Å²) in [6, 6.07) is 2.64. The third-order valence-corrected chi connectivity index (χ3v) is 2.13. The van der Waals surface area contributed by atoms with Crippen LogP contribution in [0.3, 0.4) is 0 Å². The van der Waals surface area contributed by atoms with E-state index < -0.39 is 12.1 Å². The predicted molar refractivity (Wildman–Crippen MR) is 48.5 cm³/mol. The second kappa shape index (κ2) is 3.77. The highest BCUT2D eigenvalue weighted by atomic mass is 35.5. The summed E-state index contributed by atoms with van der Waals surface area (Å²) in [5.74, 6) is -1.51. The van der Waals surface area contributed by atoms with Gasteiger partial charge in [-0.1, -0.05) is 11.6 Å². The summed E-state index contributed by atoms with van der Waals surface area (Å²) in [7, 11) is 0. The number of nitrogens with zero attached hydrogens (tertiary/aromatic N) is 1. The maximum atomic E-state index is 12.3. The Morgan fingerprint density at radius 3 is 2.36 bits per heavy atom. The van der Waals surface area contributed by atoms with E-state index in [1.807, 2.05) is 0 Å². The Morgan fingerprint density at radius 1 is 1.36 bits per heavy atom. The van der Waals surface area contributed by atoms with E-state index in [0.29, 0.717) is 5.69 Å². The molecule has 1 rings (SSSR count). The van der Waals surface area contributed by atoms with Crippen molar-refractivity contribution in [2.75, 3.05) is 0 Å². The van der Waals surface area contributed by atoms with E-state index in [1.165, 1.54) is 12.1 Å². The van der Waals surface area contributed by atoms with E-state index >= 15 is 0 Å². The van der Waals surface area contributed by atoms with Crippen LogP contribution < -0.4 is 0 Å². The first kappa shape index (κ1) is 11.3. The van der Waals surface area contributed by atoms with Gasteiger partial charge in [-0.15, -0.1) is 0 Å². The van der Waals surface area contributed by atoms with Crippen LogP contribution >= 0.6 is 11.6 Å². The Morgan fingerprint density at radius 2 is 1.93 bits per heavy atom. The van der Waals surface area contributed by atoms with Crippen molar-refractivity contribution in [2.24, 2.45) is 0 Å². The summed E-state index contributed by atoms with van der Waals surface area (Å²) >= 11 is 5.57. The number of pyridine rings is 1. The van der Waals surface area contributed by atoms with Gasteiger partial charge in [0.25, 0.3) is 0 Å². The van der Waals surface area contributed by atoms with Gasteiger partial charge >= 0.3 is 6.18 Å². The number of alkyl halides is 3. The monoisotopic (exact) mass is 223 g/mol. The van der Waals surface area contributed by atoms with Gasteiger partial charge in [-0.25, -0.2) is 4.98 Å². The van der Waals surface area contributed by atoms with E-state index in [1.54, 1.807) is 6.92 Å². The molecule has 0 N–H and O–H groups in total. The molecule has 1 atom stereocenters. The Bertz CT molecular complexity index is 315. The Labute approximate surface area is 84.9 Å². The maximum absolute atomic E-state index is 12.3. The van der Waals surface area contributed by atoms with Gasteiger partial charge < -0.3 is 0 Å². The molecule has 0 radical (unpaired) electrons. The third kappa shape index (κ3) is 2.61. The summed E-state index contributed by atoms with van der Waals surface area (Å²) < 4.78 is 37.0. The van der Waals surface area contributed by atoms with E-state index in [2.05, 4.69) is 4.98 Å². The van der Waals surface area contributed by atoms with Crippen molar-refractivity contribution in [1.82, 2.24) is 4.98 Å². The topological polar surface area (TPSA) is 12.9 Å². The van der Waals surface area contributed by atoms with Crippen LogP contribution in [0.2, 0.25) is 5.15 Å². The minimum atomic E-state index is -4.24. The normalized spacial score (nSPS) is 14.1. The molecule has 0 spiro atoms. The largest absolute Gasteiger partial charge is 0.395 e. The molecule has 0 aromatic carbocycles. The zero-order valence-corrected chi connectivity index (χ0v) is 8.45. The van der Waals surface area contributed by atoms with Crippen molar-refractivity contribution in [3.63, 3.8) is 0 Å². The van der Waals surface area contributed by atoms with Crippen LogP contribution in [0.25, 0.3) is 0 Å². The SMILES string of the molecule is Cc1cc(C(C)C(F)(F)F)cc(Cl)n1. The van der Waals surface area contributed by atoms with Crippen LogP contribution in [0.5, 0.6) is 0 Å². The van der Waals surface area contributed by atoms with Gasteiger partial charge in [-0.3, -0.25) is 0 Å². The van der Waals surface area contributed by atoms with Crippen LogP contribution in [-0.4, -0.2) is 11.2 Å². The highest BCUT2D eigenvalue weighted by Gasteiger charge is 2.37. The number of hydrogen-bond acceptors (Lipinski definition) is 1. The average Bonchev–Trinajstić information content (AvgIpc) is 1.99. The van der Waals surface area contributed by atoms with Gasteiger partial charge in [0, 0.05) is 5.69 Å². The lowest BCUT2D eigenvalue weighted by atomic mass is 10.0. The molecule has 1 nitrogen and oxygen atoms in total. The van der Waals surface area contributed by atoms with Gasteiger partial charge in [-0.05, 0) is 31.5 Å². The minimum absolute atomic E-state index is 0.0936. The van der Waals surface area contributed by atoms with Crippen molar-refractivity contribution in [3.8, 4) is 0 Å². The van der Waals surface area contributed by atoms with E-state index in [0.717, 1.165) is 6.92 Å². The lowest BCUT2D eigenvalue weighted by Gasteiger charge is -2.16. The van der Waals surface area contributed by atoms with Gasteiger partial charge in [0.1, 0.15) is 5.15 Å².